The largest absolute Gasteiger partial charge is 0.480 e. The predicted octanol–water partition coefficient (Wildman–Crippen LogP) is 1.56. The van der Waals surface area contributed by atoms with E-state index in [9.17, 15) is 4.79 Å². The number of aromatic nitrogens is 2. The number of carboxylic acids is 1. The Balaban J connectivity index is 1.73. The summed E-state index contributed by atoms with van der Waals surface area (Å²) in [6.45, 7) is 1.58. The Morgan fingerprint density at radius 2 is 2.21 bits per heavy atom. The van der Waals surface area contributed by atoms with E-state index in [1.807, 2.05) is 6.33 Å². The molecular formula is C14H21N3O2. The van der Waals surface area contributed by atoms with Gasteiger partial charge in [-0.3, -0.25) is 10.1 Å². The predicted molar refractivity (Wildman–Crippen MR) is 70.8 cm³/mol. The first-order valence-electron chi connectivity index (χ1n) is 7.23. The van der Waals surface area contributed by atoms with E-state index in [2.05, 4.69) is 14.9 Å². The summed E-state index contributed by atoms with van der Waals surface area (Å²) in [5.74, 6) is -0.0266. The van der Waals surface area contributed by atoms with Gasteiger partial charge < -0.3 is 9.67 Å². The van der Waals surface area contributed by atoms with Crippen LogP contribution in [0.4, 0.5) is 0 Å². The van der Waals surface area contributed by atoms with Crippen LogP contribution in [0.15, 0.2) is 6.33 Å². The summed E-state index contributed by atoms with van der Waals surface area (Å²) in [5.41, 5.74) is 2.14. The zero-order chi connectivity index (χ0) is 13.2. The van der Waals surface area contributed by atoms with Crippen LogP contribution >= 0.6 is 0 Å². The van der Waals surface area contributed by atoms with Crippen LogP contribution in [-0.2, 0) is 24.3 Å². The molecule has 1 aromatic rings. The van der Waals surface area contributed by atoms with Gasteiger partial charge in [0.15, 0.2) is 0 Å². The highest BCUT2D eigenvalue weighted by Crippen LogP contribution is 2.26. The van der Waals surface area contributed by atoms with E-state index in [1.54, 1.807) is 0 Å². The molecule has 1 saturated carbocycles. The Morgan fingerprint density at radius 3 is 2.95 bits per heavy atom. The van der Waals surface area contributed by atoms with Gasteiger partial charge >= 0.3 is 5.97 Å². The lowest BCUT2D eigenvalue weighted by Gasteiger charge is -2.25. The number of fused-ring (bicyclic) bond motifs is 1. The van der Waals surface area contributed by atoms with Crippen LogP contribution in [0.25, 0.3) is 0 Å². The number of nitrogens with one attached hydrogen (secondary N) is 1. The van der Waals surface area contributed by atoms with Crippen LogP contribution in [0, 0.1) is 5.92 Å². The summed E-state index contributed by atoms with van der Waals surface area (Å²) >= 11 is 0. The molecule has 1 aromatic heterocycles. The average Bonchev–Trinajstić information content (AvgIpc) is 2.82. The third-order valence-corrected chi connectivity index (χ3v) is 4.42. The van der Waals surface area contributed by atoms with Crippen molar-refractivity contribution in [3.05, 3.63) is 17.7 Å². The molecule has 1 atom stereocenters. The van der Waals surface area contributed by atoms with Crippen molar-refractivity contribution in [2.75, 3.05) is 0 Å². The summed E-state index contributed by atoms with van der Waals surface area (Å²) in [5, 5.41) is 12.1. The molecule has 1 fully saturated rings. The molecule has 2 N–H and O–H groups in total. The molecule has 1 unspecified atom stereocenters. The Morgan fingerprint density at radius 1 is 1.42 bits per heavy atom. The third-order valence-electron chi connectivity index (χ3n) is 4.42. The second-order valence-corrected chi connectivity index (χ2v) is 5.77. The van der Waals surface area contributed by atoms with Crippen LogP contribution < -0.4 is 5.32 Å². The second kappa shape index (κ2) is 5.33. The first kappa shape index (κ1) is 12.7. The van der Waals surface area contributed by atoms with Gasteiger partial charge in [0, 0.05) is 25.2 Å². The highest BCUT2D eigenvalue weighted by molar-refractivity contribution is 5.74. The molecule has 0 aromatic carbocycles. The normalized spacial score (nSPS) is 24.1. The van der Waals surface area contributed by atoms with Crippen LogP contribution in [0.1, 0.15) is 43.5 Å². The molecule has 5 heteroatoms. The fraction of sp³-hybridized carbons (Fsp3) is 0.714. The highest BCUT2D eigenvalue weighted by Gasteiger charge is 2.27. The molecular weight excluding hydrogens is 242 g/mol. The van der Waals surface area contributed by atoms with Gasteiger partial charge in [-0.05, 0) is 18.8 Å². The summed E-state index contributed by atoms with van der Waals surface area (Å²) in [4.78, 5) is 15.5. The minimum atomic E-state index is -0.768. The number of hydrogen-bond acceptors (Lipinski definition) is 3. The zero-order valence-electron chi connectivity index (χ0n) is 11.1. The monoisotopic (exact) mass is 263 g/mol. The molecule has 104 valence electrons. The van der Waals surface area contributed by atoms with Gasteiger partial charge in [0.05, 0.1) is 12.0 Å². The molecule has 0 spiro atoms. The lowest BCUT2D eigenvalue weighted by molar-refractivity contribution is -0.139. The van der Waals surface area contributed by atoms with Gasteiger partial charge in [-0.15, -0.1) is 0 Å². The Labute approximate surface area is 113 Å². The van der Waals surface area contributed by atoms with Gasteiger partial charge in [0.1, 0.15) is 6.04 Å². The fourth-order valence-electron chi connectivity index (χ4n) is 3.30. The number of carboxylic acid groups (broad SMARTS) is 1. The molecule has 0 radical (unpaired) electrons. The maximum absolute atomic E-state index is 11.1. The van der Waals surface area contributed by atoms with Crippen molar-refractivity contribution in [1.82, 2.24) is 14.9 Å². The Hall–Kier alpha value is -1.36. The van der Waals surface area contributed by atoms with Crippen molar-refractivity contribution in [3.8, 4) is 0 Å². The number of nitrogens with zero attached hydrogens (tertiary/aromatic N) is 2. The summed E-state index contributed by atoms with van der Waals surface area (Å²) in [6, 6.07) is -0.464. The molecule has 19 heavy (non-hydrogen) atoms. The van der Waals surface area contributed by atoms with E-state index in [-0.39, 0.29) is 0 Å². The summed E-state index contributed by atoms with van der Waals surface area (Å²) < 4.78 is 2.20. The third kappa shape index (κ3) is 2.66. The molecule has 2 aliphatic rings. The van der Waals surface area contributed by atoms with Gasteiger partial charge in [0.25, 0.3) is 0 Å². The number of aliphatic carboxylic acids is 1. The SMILES string of the molecule is O=C(O)C1Cc2c(ncn2CC2CCCCC2)CN1. The lowest BCUT2D eigenvalue weighted by atomic mass is 9.89. The van der Waals surface area contributed by atoms with Gasteiger partial charge in [-0.2, -0.15) is 0 Å². The molecule has 0 amide bonds. The van der Waals surface area contributed by atoms with Crippen molar-refractivity contribution in [2.45, 2.75) is 57.7 Å². The standard InChI is InChI=1S/C14H21N3O2/c18-14(19)11-6-13-12(7-15-11)16-9-17(13)8-10-4-2-1-3-5-10/h9-11,15H,1-8H2,(H,18,19). The van der Waals surface area contributed by atoms with E-state index >= 15 is 0 Å². The van der Waals surface area contributed by atoms with Crippen LogP contribution in [0.2, 0.25) is 0 Å². The average molecular weight is 263 g/mol. The maximum Gasteiger partial charge on any atom is 0.321 e. The van der Waals surface area contributed by atoms with Crippen LogP contribution in [0.3, 0.4) is 0 Å². The fourth-order valence-corrected chi connectivity index (χ4v) is 3.30. The van der Waals surface area contributed by atoms with Crippen molar-refractivity contribution < 1.29 is 9.90 Å². The smallest absolute Gasteiger partial charge is 0.321 e. The van der Waals surface area contributed by atoms with Gasteiger partial charge in [-0.25, -0.2) is 4.98 Å². The van der Waals surface area contributed by atoms with Crippen molar-refractivity contribution in [1.29, 1.82) is 0 Å². The number of carbonyl (C=O) groups is 1. The Bertz CT molecular complexity index is 463. The molecule has 1 aliphatic heterocycles. The summed E-state index contributed by atoms with van der Waals surface area (Å²) in [7, 11) is 0. The van der Waals surface area contributed by atoms with Crippen LogP contribution in [-0.4, -0.2) is 26.7 Å². The van der Waals surface area contributed by atoms with E-state index in [0.717, 1.165) is 23.9 Å². The molecule has 3 rings (SSSR count). The molecule has 1 aliphatic carbocycles. The lowest BCUT2D eigenvalue weighted by Crippen LogP contribution is -2.42. The second-order valence-electron chi connectivity index (χ2n) is 5.77. The van der Waals surface area contributed by atoms with Gasteiger partial charge in [-0.1, -0.05) is 19.3 Å². The first-order chi connectivity index (χ1) is 9.24. The highest BCUT2D eigenvalue weighted by atomic mass is 16.4. The van der Waals surface area contributed by atoms with E-state index in [0.29, 0.717) is 13.0 Å². The first-order valence-corrected chi connectivity index (χ1v) is 7.23. The zero-order valence-corrected chi connectivity index (χ0v) is 11.1. The van der Waals surface area contributed by atoms with Crippen molar-refractivity contribution in [3.63, 3.8) is 0 Å². The van der Waals surface area contributed by atoms with Crippen molar-refractivity contribution >= 4 is 5.97 Å². The van der Waals surface area contributed by atoms with E-state index < -0.39 is 12.0 Å². The molecule has 0 bridgehead atoms. The number of rotatable bonds is 3. The summed E-state index contributed by atoms with van der Waals surface area (Å²) in [6.07, 6.45) is 9.08. The van der Waals surface area contributed by atoms with Gasteiger partial charge in [0.2, 0.25) is 0 Å². The quantitative estimate of drug-likeness (QED) is 0.868. The minimum absolute atomic E-state index is 0.464. The molecule has 2 heterocycles. The minimum Gasteiger partial charge on any atom is -0.480 e. The maximum atomic E-state index is 11.1. The Kier molecular flexibility index (Phi) is 3.55. The number of hydrogen-bond donors (Lipinski definition) is 2. The number of imidazole rings is 1. The van der Waals surface area contributed by atoms with E-state index in [4.69, 9.17) is 5.11 Å². The topological polar surface area (TPSA) is 67.1 Å². The van der Waals surface area contributed by atoms with E-state index in [1.165, 1.54) is 32.1 Å². The van der Waals surface area contributed by atoms with Crippen molar-refractivity contribution in [2.24, 2.45) is 5.92 Å². The molecule has 0 saturated heterocycles. The van der Waals surface area contributed by atoms with Crippen LogP contribution in [0.5, 0.6) is 0 Å². The molecule has 5 nitrogen and oxygen atoms in total.